The first-order valence-electron chi connectivity index (χ1n) is 9.47. The molecule has 1 aliphatic heterocycles. The highest BCUT2D eigenvalue weighted by atomic mass is 35.5. The van der Waals surface area contributed by atoms with Crippen LogP contribution < -0.4 is 5.73 Å². The van der Waals surface area contributed by atoms with Gasteiger partial charge in [0.05, 0.1) is 11.6 Å². The number of carbonyl (C=O) groups is 1. The Bertz CT molecular complexity index is 954. The number of hydrogen-bond acceptors (Lipinski definition) is 3. The maximum absolute atomic E-state index is 12.7. The minimum absolute atomic E-state index is 0.124. The quantitative estimate of drug-likeness (QED) is 0.674. The van der Waals surface area contributed by atoms with Crippen LogP contribution in [0.3, 0.4) is 0 Å². The Morgan fingerprint density at radius 2 is 1.70 bits per heavy atom. The second kappa shape index (κ2) is 7.75. The molecule has 27 heavy (non-hydrogen) atoms. The van der Waals surface area contributed by atoms with Gasteiger partial charge in [0.2, 0.25) is 0 Å². The van der Waals surface area contributed by atoms with Crippen LogP contribution in [0.4, 0.5) is 0 Å². The highest BCUT2D eigenvalue weighted by Gasteiger charge is 2.17. The molecule has 1 amide bonds. The summed E-state index contributed by atoms with van der Waals surface area (Å²) >= 11 is 6.39. The third-order valence-electron chi connectivity index (χ3n) is 5.18. The maximum Gasteiger partial charge on any atom is 0.253 e. The van der Waals surface area contributed by atoms with Gasteiger partial charge in [-0.05, 0) is 54.3 Å². The van der Waals surface area contributed by atoms with Crippen molar-refractivity contribution in [1.82, 2.24) is 4.90 Å². The molecular formula is C22H23ClN2O2. The van der Waals surface area contributed by atoms with E-state index in [4.69, 9.17) is 21.8 Å². The van der Waals surface area contributed by atoms with Crippen molar-refractivity contribution in [2.45, 2.75) is 32.2 Å². The molecule has 2 N–H and O–H groups in total. The van der Waals surface area contributed by atoms with Gasteiger partial charge in [-0.25, -0.2) is 0 Å². The lowest BCUT2D eigenvalue weighted by molar-refractivity contribution is 0.0761. The summed E-state index contributed by atoms with van der Waals surface area (Å²) in [7, 11) is 0. The first-order valence-corrected chi connectivity index (χ1v) is 9.85. The lowest BCUT2D eigenvalue weighted by Gasteiger charge is -2.20. The first-order chi connectivity index (χ1) is 13.2. The molecule has 0 unspecified atom stereocenters. The van der Waals surface area contributed by atoms with Crippen LogP contribution in [0.1, 0.15) is 41.8 Å². The molecule has 1 saturated heterocycles. The summed E-state index contributed by atoms with van der Waals surface area (Å²) in [5.41, 5.74) is 9.06. The standard InChI is InChI=1S/C22H23ClN2O2/c23-20-13-17(11-18-12-19(14-24)27-21(18)20)15-5-7-16(8-6-15)22(26)25-9-3-1-2-4-10-25/h5-8,11-13H,1-4,9-10,14,24H2. The number of furan rings is 1. The number of carbonyl (C=O) groups excluding carboxylic acids is 1. The molecule has 0 bridgehead atoms. The molecule has 1 aromatic heterocycles. The van der Waals surface area contributed by atoms with E-state index in [9.17, 15) is 4.79 Å². The number of rotatable bonds is 3. The molecule has 0 atom stereocenters. The third-order valence-corrected chi connectivity index (χ3v) is 5.46. The number of fused-ring (bicyclic) bond motifs is 1. The Balaban J connectivity index is 1.60. The maximum atomic E-state index is 12.7. The van der Waals surface area contributed by atoms with Crippen LogP contribution in [0.5, 0.6) is 0 Å². The van der Waals surface area contributed by atoms with Gasteiger partial charge in [0.15, 0.2) is 5.58 Å². The molecule has 1 fully saturated rings. The smallest absolute Gasteiger partial charge is 0.253 e. The number of benzene rings is 2. The number of likely N-dealkylation sites (tertiary alicyclic amines) is 1. The van der Waals surface area contributed by atoms with E-state index >= 15 is 0 Å². The largest absolute Gasteiger partial charge is 0.458 e. The summed E-state index contributed by atoms with van der Waals surface area (Å²) in [6.07, 6.45) is 4.62. The van der Waals surface area contributed by atoms with Gasteiger partial charge in [0, 0.05) is 24.0 Å². The van der Waals surface area contributed by atoms with Gasteiger partial charge in [-0.1, -0.05) is 36.6 Å². The normalized spacial score (nSPS) is 15.1. The van der Waals surface area contributed by atoms with Crippen molar-refractivity contribution in [2.75, 3.05) is 13.1 Å². The fraction of sp³-hybridized carbons (Fsp3) is 0.318. The summed E-state index contributed by atoms with van der Waals surface area (Å²) in [5.74, 6) is 0.835. The molecule has 140 valence electrons. The monoisotopic (exact) mass is 382 g/mol. The first kappa shape index (κ1) is 18.1. The van der Waals surface area contributed by atoms with E-state index < -0.39 is 0 Å². The predicted octanol–water partition coefficient (Wildman–Crippen LogP) is 5.23. The summed E-state index contributed by atoms with van der Waals surface area (Å²) in [4.78, 5) is 14.7. The number of nitrogens with two attached hydrogens (primary N) is 1. The fourth-order valence-electron chi connectivity index (χ4n) is 3.69. The van der Waals surface area contributed by atoms with Crippen LogP contribution in [0.15, 0.2) is 46.9 Å². The van der Waals surface area contributed by atoms with Gasteiger partial charge < -0.3 is 15.1 Å². The SMILES string of the molecule is NCc1cc2cc(-c3ccc(C(=O)N4CCCCCC4)cc3)cc(Cl)c2o1. The van der Waals surface area contributed by atoms with Gasteiger partial charge in [-0.2, -0.15) is 0 Å². The molecule has 5 heteroatoms. The van der Waals surface area contributed by atoms with Crippen molar-refractivity contribution < 1.29 is 9.21 Å². The minimum Gasteiger partial charge on any atom is -0.458 e. The Labute approximate surface area is 163 Å². The van der Waals surface area contributed by atoms with Gasteiger partial charge >= 0.3 is 0 Å². The zero-order valence-corrected chi connectivity index (χ0v) is 16.0. The zero-order chi connectivity index (χ0) is 18.8. The van der Waals surface area contributed by atoms with Gasteiger partial charge in [0.25, 0.3) is 5.91 Å². The Morgan fingerprint density at radius 1 is 1.00 bits per heavy atom. The van der Waals surface area contributed by atoms with E-state index in [0.717, 1.165) is 48.0 Å². The second-order valence-electron chi connectivity index (χ2n) is 7.08. The van der Waals surface area contributed by atoms with Crippen molar-refractivity contribution in [3.8, 4) is 11.1 Å². The summed E-state index contributed by atoms with van der Waals surface area (Å²) < 4.78 is 5.66. The van der Waals surface area contributed by atoms with Crippen LogP contribution >= 0.6 is 11.6 Å². The molecule has 2 aromatic carbocycles. The molecular weight excluding hydrogens is 360 g/mol. The van der Waals surface area contributed by atoms with E-state index in [2.05, 4.69) is 0 Å². The second-order valence-corrected chi connectivity index (χ2v) is 7.48. The van der Waals surface area contributed by atoms with Crippen molar-refractivity contribution in [3.63, 3.8) is 0 Å². The number of hydrogen-bond donors (Lipinski definition) is 1. The zero-order valence-electron chi connectivity index (χ0n) is 15.2. The molecule has 4 rings (SSSR count). The highest BCUT2D eigenvalue weighted by Crippen LogP contribution is 2.33. The minimum atomic E-state index is 0.124. The van der Waals surface area contributed by atoms with Crippen molar-refractivity contribution in [3.05, 3.63) is 58.8 Å². The fourth-order valence-corrected chi connectivity index (χ4v) is 3.96. The van der Waals surface area contributed by atoms with Crippen LogP contribution in [-0.4, -0.2) is 23.9 Å². The highest BCUT2D eigenvalue weighted by molar-refractivity contribution is 6.35. The molecule has 4 nitrogen and oxygen atoms in total. The van der Waals surface area contributed by atoms with Crippen LogP contribution in [-0.2, 0) is 6.54 Å². The molecule has 3 aromatic rings. The van der Waals surface area contributed by atoms with Gasteiger partial charge in [-0.3, -0.25) is 4.79 Å². The number of amides is 1. The molecule has 2 heterocycles. The van der Waals surface area contributed by atoms with E-state index in [1.54, 1.807) is 0 Å². The van der Waals surface area contributed by atoms with E-state index in [1.165, 1.54) is 12.8 Å². The average molecular weight is 383 g/mol. The van der Waals surface area contributed by atoms with E-state index in [-0.39, 0.29) is 5.91 Å². The number of halogens is 1. The number of nitrogens with zero attached hydrogens (tertiary/aromatic N) is 1. The Morgan fingerprint density at radius 3 is 2.37 bits per heavy atom. The van der Waals surface area contributed by atoms with Crippen molar-refractivity contribution in [2.24, 2.45) is 5.73 Å². The van der Waals surface area contributed by atoms with Gasteiger partial charge in [0.1, 0.15) is 5.76 Å². The molecule has 0 aliphatic carbocycles. The summed E-state index contributed by atoms with van der Waals surface area (Å²) in [5, 5.41) is 1.49. The van der Waals surface area contributed by atoms with Crippen LogP contribution in [0.25, 0.3) is 22.1 Å². The van der Waals surface area contributed by atoms with Crippen LogP contribution in [0, 0.1) is 0 Å². The molecule has 0 saturated carbocycles. The Kier molecular flexibility index (Phi) is 5.19. The van der Waals surface area contributed by atoms with Gasteiger partial charge in [-0.15, -0.1) is 0 Å². The summed E-state index contributed by atoms with van der Waals surface area (Å²) in [6.45, 7) is 2.06. The molecule has 0 radical (unpaired) electrons. The summed E-state index contributed by atoms with van der Waals surface area (Å²) in [6, 6.07) is 13.6. The lowest BCUT2D eigenvalue weighted by Crippen LogP contribution is -2.31. The lowest BCUT2D eigenvalue weighted by atomic mass is 10.0. The average Bonchev–Trinajstić information content (AvgIpc) is 2.93. The van der Waals surface area contributed by atoms with Crippen molar-refractivity contribution in [1.29, 1.82) is 0 Å². The Hall–Kier alpha value is -2.30. The topological polar surface area (TPSA) is 59.5 Å². The van der Waals surface area contributed by atoms with Crippen LogP contribution in [0.2, 0.25) is 5.02 Å². The predicted molar refractivity (Wildman–Crippen MR) is 109 cm³/mol. The van der Waals surface area contributed by atoms with E-state index in [1.807, 2.05) is 47.4 Å². The molecule has 0 spiro atoms. The van der Waals surface area contributed by atoms with E-state index in [0.29, 0.717) is 22.9 Å². The van der Waals surface area contributed by atoms with Crippen molar-refractivity contribution >= 4 is 28.5 Å². The molecule has 1 aliphatic rings. The third kappa shape index (κ3) is 3.73.